The highest BCUT2D eigenvalue weighted by molar-refractivity contribution is 9.10. The van der Waals surface area contributed by atoms with Crippen LogP contribution in [0.1, 0.15) is 0 Å². The van der Waals surface area contributed by atoms with Crippen LogP contribution in [-0.4, -0.2) is 11.0 Å². The van der Waals surface area contributed by atoms with Crippen LogP contribution in [0.15, 0.2) is 12.2 Å². The summed E-state index contributed by atoms with van der Waals surface area (Å²) in [7, 11) is 0. The van der Waals surface area contributed by atoms with Gasteiger partial charge in [0.25, 0.3) is 4.70 Å². The molecule has 44 valence electrons. The number of rotatable bonds is 0. The van der Waals surface area contributed by atoms with Crippen molar-refractivity contribution in [3.8, 4) is 0 Å². The van der Waals surface area contributed by atoms with Crippen molar-refractivity contribution in [1.29, 1.82) is 0 Å². The Morgan fingerprint density at radius 1 is 1.62 bits per heavy atom. The van der Waals surface area contributed by atoms with Gasteiger partial charge in [0.05, 0.1) is 0 Å². The average molecular weight is 179 g/mol. The standard InChI is InChI=1S/C4H3BrO3/c5-4-2-1-3(6-4)7-8-4/h1-3H. The van der Waals surface area contributed by atoms with E-state index in [0.717, 1.165) is 0 Å². The first-order valence-electron chi connectivity index (χ1n) is 2.19. The number of alkyl halides is 1. The van der Waals surface area contributed by atoms with Crippen molar-refractivity contribution in [2.24, 2.45) is 0 Å². The van der Waals surface area contributed by atoms with Crippen molar-refractivity contribution < 1.29 is 14.5 Å². The van der Waals surface area contributed by atoms with E-state index in [1.807, 2.05) is 0 Å². The number of hydrogen-bond acceptors (Lipinski definition) is 3. The third-order valence-electron chi connectivity index (χ3n) is 0.986. The van der Waals surface area contributed by atoms with Crippen molar-refractivity contribution in [1.82, 2.24) is 0 Å². The molecule has 2 aliphatic heterocycles. The van der Waals surface area contributed by atoms with Crippen molar-refractivity contribution in [3.05, 3.63) is 12.2 Å². The van der Waals surface area contributed by atoms with Crippen LogP contribution in [0, 0.1) is 0 Å². The van der Waals surface area contributed by atoms with Gasteiger partial charge in [-0.1, -0.05) is 0 Å². The molecule has 2 rings (SSSR count). The molecule has 8 heavy (non-hydrogen) atoms. The topological polar surface area (TPSA) is 27.7 Å². The Labute approximate surface area is 54.3 Å². The van der Waals surface area contributed by atoms with Gasteiger partial charge in [0.15, 0.2) is 0 Å². The molecule has 0 spiro atoms. The van der Waals surface area contributed by atoms with Crippen molar-refractivity contribution in [2.75, 3.05) is 0 Å². The van der Waals surface area contributed by atoms with Gasteiger partial charge >= 0.3 is 0 Å². The Kier molecular flexibility index (Phi) is 0.819. The zero-order valence-corrected chi connectivity index (χ0v) is 5.42. The first-order valence-corrected chi connectivity index (χ1v) is 2.98. The fourth-order valence-corrected chi connectivity index (χ4v) is 1.06. The number of fused-ring (bicyclic) bond motifs is 2. The minimum absolute atomic E-state index is 0.311. The van der Waals surface area contributed by atoms with E-state index in [2.05, 4.69) is 25.7 Å². The lowest BCUT2D eigenvalue weighted by molar-refractivity contribution is -0.293. The zero-order chi connectivity index (χ0) is 5.61. The Balaban J connectivity index is 2.33. The van der Waals surface area contributed by atoms with Gasteiger partial charge in [-0.05, 0) is 28.1 Å². The van der Waals surface area contributed by atoms with Crippen molar-refractivity contribution in [2.45, 2.75) is 11.0 Å². The molecule has 0 radical (unpaired) electrons. The second-order valence-electron chi connectivity index (χ2n) is 1.61. The molecule has 2 unspecified atom stereocenters. The molecule has 2 heterocycles. The highest BCUT2D eigenvalue weighted by atomic mass is 79.9. The fraction of sp³-hybridized carbons (Fsp3) is 0.500. The van der Waals surface area contributed by atoms with Gasteiger partial charge < -0.3 is 0 Å². The maximum atomic E-state index is 5.02. The van der Waals surface area contributed by atoms with Gasteiger partial charge in [-0.25, -0.2) is 0 Å². The summed E-state index contributed by atoms with van der Waals surface area (Å²) in [5.74, 6) is 0. The minimum atomic E-state index is -0.780. The lowest BCUT2D eigenvalue weighted by Crippen LogP contribution is -2.14. The van der Waals surface area contributed by atoms with E-state index in [1.54, 1.807) is 12.2 Å². The lowest BCUT2D eigenvalue weighted by Gasteiger charge is -2.07. The van der Waals surface area contributed by atoms with Gasteiger partial charge in [-0.2, -0.15) is 9.78 Å². The third kappa shape index (κ3) is 0.543. The molecule has 2 bridgehead atoms. The molecule has 1 fully saturated rings. The Hall–Kier alpha value is 0.1000. The van der Waals surface area contributed by atoms with Gasteiger partial charge in [0.2, 0.25) is 6.29 Å². The van der Waals surface area contributed by atoms with E-state index in [-0.39, 0.29) is 6.29 Å². The SMILES string of the molecule is BrC12C=CC(OO1)O2. The predicted octanol–water partition coefficient (Wildman–Crippen LogP) is 0.909. The van der Waals surface area contributed by atoms with E-state index >= 15 is 0 Å². The molecule has 0 aromatic rings. The van der Waals surface area contributed by atoms with E-state index in [1.165, 1.54) is 0 Å². The summed E-state index contributed by atoms with van der Waals surface area (Å²) < 4.78 is 4.24. The highest BCUT2D eigenvalue weighted by Gasteiger charge is 2.43. The van der Waals surface area contributed by atoms with Crippen LogP contribution < -0.4 is 0 Å². The summed E-state index contributed by atoms with van der Waals surface area (Å²) in [6.45, 7) is 0. The summed E-state index contributed by atoms with van der Waals surface area (Å²) in [6.07, 6.45) is 3.22. The Bertz CT molecular complexity index is 146. The van der Waals surface area contributed by atoms with Crippen LogP contribution >= 0.6 is 15.9 Å². The lowest BCUT2D eigenvalue weighted by atomic mass is 10.5. The number of halogens is 1. The maximum absolute atomic E-state index is 5.02. The number of hydrogen-bond donors (Lipinski definition) is 0. The molecule has 0 saturated carbocycles. The zero-order valence-electron chi connectivity index (χ0n) is 3.83. The second-order valence-corrected chi connectivity index (χ2v) is 2.71. The van der Waals surface area contributed by atoms with Crippen LogP contribution in [0.25, 0.3) is 0 Å². The quantitative estimate of drug-likeness (QED) is 0.314. The second kappa shape index (κ2) is 1.33. The average Bonchev–Trinajstić information content (AvgIpc) is 2.21. The minimum Gasteiger partial charge on any atom is -0.299 e. The monoisotopic (exact) mass is 178 g/mol. The smallest absolute Gasteiger partial charge is 0.279 e. The first kappa shape index (κ1) is 4.93. The van der Waals surface area contributed by atoms with Gasteiger partial charge in [0.1, 0.15) is 0 Å². The molecule has 0 amide bonds. The summed E-state index contributed by atoms with van der Waals surface area (Å²) in [5, 5.41) is 0. The van der Waals surface area contributed by atoms with Gasteiger partial charge in [-0.15, -0.1) is 0 Å². The van der Waals surface area contributed by atoms with E-state index in [9.17, 15) is 0 Å². The first-order chi connectivity index (χ1) is 3.79. The van der Waals surface area contributed by atoms with Crippen LogP contribution in [0.2, 0.25) is 0 Å². The van der Waals surface area contributed by atoms with Crippen LogP contribution in [0.5, 0.6) is 0 Å². The molecular weight excluding hydrogens is 176 g/mol. The highest BCUT2D eigenvalue weighted by Crippen LogP contribution is 2.37. The molecule has 4 heteroatoms. The Morgan fingerprint density at radius 2 is 2.50 bits per heavy atom. The third-order valence-corrected chi connectivity index (χ3v) is 1.57. The number of ether oxygens (including phenoxy) is 1. The predicted molar refractivity (Wildman–Crippen MR) is 27.8 cm³/mol. The Morgan fingerprint density at radius 3 is 2.62 bits per heavy atom. The molecule has 0 aliphatic carbocycles. The fourth-order valence-electron chi connectivity index (χ4n) is 0.643. The molecule has 1 saturated heterocycles. The van der Waals surface area contributed by atoms with Crippen LogP contribution in [0.3, 0.4) is 0 Å². The van der Waals surface area contributed by atoms with E-state index in [4.69, 9.17) is 4.74 Å². The molecule has 0 aromatic heterocycles. The summed E-state index contributed by atoms with van der Waals surface area (Å²) in [6, 6.07) is 0. The summed E-state index contributed by atoms with van der Waals surface area (Å²) in [4.78, 5) is 9.25. The van der Waals surface area contributed by atoms with Crippen molar-refractivity contribution in [3.63, 3.8) is 0 Å². The molecule has 2 atom stereocenters. The molecule has 0 aromatic carbocycles. The van der Waals surface area contributed by atoms with Crippen molar-refractivity contribution >= 4 is 15.9 Å². The molecule has 0 N–H and O–H groups in total. The van der Waals surface area contributed by atoms with E-state index < -0.39 is 4.70 Å². The molecular formula is C4H3BrO3. The van der Waals surface area contributed by atoms with Gasteiger partial charge in [-0.3, -0.25) is 4.74 Å². The maximum Gasteiger partial charge on any atom is 0.279 e. The summed E-state index contributed by atoms with van der Waals surface area (Å²) >= 11 is 3.13. The van der Waals surface area contributed by atoms with Gasteiger partial charge in [0, 0.05) is 0 Å². The van der Waals surface area contributed by atoms with Crippen LogP contribution in [-0.2, 0) is 14.5 Å². The normalized spacial score (nSPS) is 50.9. The van der Waals surface area contributed by atoms with E-state index in [0.29, 0.717) is 0 Å². The van der Waals surface area contributed by atoms with Crippen LogP contribution in [0.4, 0.5) is 0 Å². The molecule has 3 nitrogen and oxygen atoms in total. The summed E-state index contributed by atoms with van der Waals surface area (Å²) in [5.41, 5.74) is 0. The molecule has 2 aliphatic rings. The largest absolute Gasteiger partial charge is 0.299 e.